The summed E-state index contributed by atoms with van der Waals surface area (Å²) in [5.74, 6) is -0.239. The van der Waals surface area contributed by atoms with Crippen LogP contribution >= 0.6 is 11.5 Å². The molecule has 0 fully saturated rings. The number of aryl methyl sites for hydroxylation is 1. The zero-order valence-corrected chi connectivity index (χ0v) is 15.8. The van der Waals surface area contributed by atoms with Gasteiger partial charge >= 0.3 is 6.18 Å². The Morgan fingerprint density at radius 3 is 2.86 bits per heavy atom. The second-order valence-corrected chi connectivity index (χ2v) is 7.56. The van der Waals surface area contributed by atoms with Crippen LogP contribution in [0.25, 0.3) is 5.69 Å². The van der Waals surface area contributed by atoms with Crippen LogP contribution in [-0.2, 0) is 12.6 Å². The van der Waals surface area contributed by atoms with E-state index >= 15 is 0 Å². The molecule has 0 bridgehead atoms. The summed E-state index contributed by atoms with van der Waals surface area (Å²) in [6.45, 7) is 1.87. The van der Waals surface area contributed by atoms with Crippen LogP contribution in [0.4, 0.5) is 13.2 Å². The SMILES string of the molecule is Cc1cc2c(n1-c1cccc(C(F)(F)F)c1)CCCC2NC(=O)c1cnns1. The average molecular weight is 406 g/mol. The van der Waals surface area contributed by atoms with E-state index < -0.39 is 11.7 Å². The molecule has 1 aliphatic rings. The first-order valence-corrected chi connectivity index (χ1v) is 9.59. The molecule has 1 amide bonds. The molecule has 0 aliphatic heterocycles. The third kappa shape index (κ3) is 3.42. The van der Waals surface area contributed by atoms with E-state index in [0.717, 1.165) is 53.8 Å². The van der Waals surface area contributed by atoms with Crippen LogP contribution in [0.5, 0.6) is 0 Å². The van der Waals surface area contributed by atoms with Crippen LogP contribution in [0.3, 0.4) is 0 Å². The van der Waals surface area contributed by atoms with Crippen LogP contribution in [0.2, 0.25) is 0 Å². The fourth-order valence-corrected chi connectivity index (χ4v) is 4.15. The normalized spacial score (nSPS) is 16.6. The molecule has 5 nitrogen and oxygen atoms in total. The van der Waals surface area contributed by atoms with Gasteiger partial charge in [0.2, 0.25) is 0 Å². The van der Waals surface area contributed by atoms with E-state index in [4.69, 9.17) is 0 Å². The molecule has 3 aromatic rings. The van der Waals surface area contributed by atoms with Gasteiger partial charge in [-0.3, -0.25) is 4.79 Å². The highest BCUT2D eigenvalue weighted by atomic mass is 32.1. The average Bonchev–Trinajstić information content (AvgIpc) is 3.29. The lowest BCUT2D eigenvalue weighted by Gasteiger charge is -2.25. The molecule has 1 unspecified atom stereocenters. The van der Waals surface area contributed by atoms with Crippen molar-refractivity contribution in [2.45, 2.75) is 38.4 Å². The minimum Gasteiger partial charge on any atom is -0.344 e. The van der Waals surface area contributed by atoms with Gasteiger partial charge in [-0.05, 0) is 67.5 Å². The number of fused-ring (bicyclic) bond motifs is 1. The Balaban J connectivity index is 1.69. The van der Waals surface area contributed by atoms with Gasteiger partial charge in [0.1, 0.15) is 4.88 Å². The maximum Gasteiger partial charge on any atom is 0.416 e. The molecule has 4 rings (SSSR count). The van der Waals surface area contributed by atoms with Crippen molar-refractivity contribution in [1.29, 1.82) is 0 Å². The summed E-state index contributed by atoms with van der Waals surface area (Å²) >= 11 is 1.03. The molecular weight excluding hydrogens is 389 g/mol. The van der Waals surface area contributed by atoms with Crippen molar-refractivity contribution in [3.05, 3.63) is 63.9 Å². The van der Waals surface area contributed by atoms with Gasteiger partial charge in [0, 0.05) is 17.1 Å². The summed E-state index contributed by atoms with van der Waals surface area (Å²) in [5.41, 5.74) is 2.53. The maximum atomic E-state index is 13.1. The standard InChI is InChI=1S/C19H17F3N4OS/c1-11-8-14-15(24-18(27)17-10-23-25-28-17)6-3-7-16(14)26(11)13-5-2-4-12(9-13)19(20,21)22/h2,4-5,8-10,15H,3,6-7H2,1H3,(H,24,27). The number of carbonyl (C=O) groups excluding carboxylic acids is 1. The van der Waals surface area contributed by atoms with Gasteiger partial charge in [-0.25, -0.2) is 0 Å². The quantitative estimate of drug-likeness (QED) is 0.699. The summed E-state index contributed by atoms with van der Waals surface area (Å²) in [5, 5.41) is 6.68. The minimum atomic E-state index is -4.39. The van der Waals surface area contributed by atoms with Crippen molar-refractivity contribution >= 4 is 17.4 Å². The van der Waals surface area contributed by atoms with Gasteiger partial charge in [-0.15, -0.1) is 5.10 Å². The lowest BCUT2D eigenvalue weighted by molar-refractivity contribution is -0.137. The molecule has 1 aliphatic carbocycles. The monoisotopic (exact) mass is 406 g/mol. The van der Waals surface area contributed by atoms with Gasteiger partial charge in [0.15, 0.2) is 0 Å². The molecule has 0 spiro atoms. The minimum absolute atomic E-state index is 0.191. The largest absolute Gasteiger partial charge is 0.416 e. The first-order chi connectivity index (χ1) is 13.3. The number of halogens is 3. The van der Waals surface area contributed by atoms with E-state index in [2.05, 4.69) is 14.9 Å². The summed E-state index contributed by atoms with van der Waals surface area (Å²) < 4.78 is 44.9. The summed E-state index contributed by atoms with van der Waals surface area (Å²) in [6.07, 6.45) is -0.620. The number of nitrogens with zero attached hydrogens (tertiary/aromatic N) is 3. The van der Waals surface area contributed by atoms with Gasteiger partial charge in [-0.1, -0.05) is 10.6 Å². The first-order valence-electron chi connectivity index (χ1n) is 8.81. The van der Waals surface area contributed by atoms with Crippen LogP contribution in [0, 0.1) is 6.92 Å². The lowest BCUT2D eigenvalue weighted by Crippen LogP contribution is -2.30. The number of carbonyl (C=O) groups is 1. The highest BCUT2D eigenvalue weighted by molar-refractivity contribution is 7.07. The predicted octanol–water partition coefficient (Wildman–Crippen LogP) is 4.46. The molecular formula is C19H17F3N4OS. The fourth-order valence-electron chi connectivity index (χ4n) is 3.73. The van der Waals surface area contributed by atoms with E-state index in [1.807, 2.05) is 17.6 Å². The molecule has 0 saturated heterocycles. The van der Waals surface area contributed by atoms with E-state index in [9.17, 15) is 18.0 Å². The molecule has 28 heavy (non-hydrogen) atoms. The highest BCUT2D eigenvalue weighted by Gasteiger charge is 2.32. The lowest BCUT2D eigenvalue weighted by atomic mass is 9.92. The van der Waals surface area contributed by atoms with Crippen LogP contribution in [0.1, 0.15) is 51.1 Å². The number of hydrogen-bond acceptors (Lipinski definition) is 4. The zero-order chi connectivity index (χ0) is 19.9. The second kappa shape index (κ2) is 7.05. The number of nitrogens with one attached hydrogen (secondary N) is 1. The van der Waals surface area contributed by atoms with Crippen molar-refractivity contribution in [1.82, 2.24) is 19.5 Å². The van der Waals surface area contributed by atoms with Crippen LogP contribution in [0.15, 0.2) is 36.5 Å². The third-order valence-corrected chi connectivity index (χ3v) is 5.59. The van der Waals surface area contributed by atoms with E-state index in [1.165, 1.54) is 18.3 Å². The van der Waals surface area contributed by atoms with Crippen LogP contribution < -0.4 is 5.32 Å². The number of rotatable bonds is 3. The molecule has 2 aromatic heterocycles. The molecule has 1 N–H and O–H groups in total. The van der Waals surface area contributed by atoms with Crippen molar-refractivity contribution in [2.24, 2.45) is 0 Å². The van der Waals surface area contributed by atoms with Crippen LogP contribution in [-0.4, -0.2) is 20.1 Å². The third-order valence-electron chi connectivity index (χ3n) is 4.92. The second-order valence-electron chi connectivity index (χ2n) is 6.77. The van der Waals surface area contributed by atoms with Crippen molar-refractivity contribution in [3.63, 3.8) is 0 Å². The summed E-state index contributed by atoms with van der Waals surface area (Å²) in [7, 11) is 0. The van der Waals surface area contributed by atoms with Gasteiger partial charge < -0.3 is 9.88 Å². The number of alkyl halides is 3. The van der Waals surface area contributed by atoms with E-state index in [1.54, 1.807) is 6.07 Å². The maximum absolute atomic E-state index is 13.1. The van der Waals surface area contributed by atoms with Crippen molar-refractivity contribution < 1.29 is 18.0 Å². The molecule has 9 heteroatoms. The fraction of sp³-hybridized carbons (Fsp3) is 0.316. The predicted molar refractivity (Wildman–Crippen MR) is 98.6 cm³/mol. The Morgan fingerprint density at radius 1 is 1.32 bits per heavy atom. The Kier molecular flexibility index (Phi) is 4.70. The van der Waals surface area contributed by atoms with Gasteiger partial charge in [0.25, 0.3) is 5.91 Å². The topological polar surface area (TPSA) is 59.8 Å². The molecule has 2 heterocycles. The van der Waals surface area contributed by atoms with E-state index in [-0.39, 0.29) is 11.9 Å². The molecule has 0 radical (unpaired) electrons. The molecule has 1 atom stereocenters. The Labute approximate surface area is 163 Å². The van der Waals surface area contributed by atoms with Crippen molar-refractivity contribution in [2.75, 3.05) is 0 Å². The van der Waals surface area contributed by atoms with Gasteiger partial charge in [0.05, 0.1) is 17.8 Å². The van der Waals surface area contributed by atoms with Gasteiger partial charge in [-0.2, -0.15) is 13.2 Å². The number of aromatic nitrogens is 3. The number of hydrogen-bond donors (Lipinski definition) is 1. The summed E-state index contributed by atoms with van der Waals surface area (Å²) in [4.78, 5) is 12.8. The number of benzene rings is 1. The Bertz CT molecular complexity index is 1010. The zero-order valence-electron chi connectivity index (χ0n) is 15.0. The molecule has 0 saturated carbocycles. The summed E-state index contributed by atoms with van der Waals surface area (Å²) in [6, 6.07) is 7.09. The van der Waals surface area contributed by atoms with Crippen molar-refractivity contribution in [3.8, 4) is 5.69 Å². The Hall–Kier alpha value is -2.68. The molecule has 146 valence electrons. The number of amides is 1. The highest BCUT2D eigenvalue weighted by Crippen LogP contribution is 2.36. The molecule has 1 aromatic carbocycles. The smallest absolute Gasteiger partial charge is 0.344 e. The van der Waals surface area contributed by atoms with E-state index in [0.29, 0.717) is 10.6 Å². The Morgan fingerprint density at radius 2 is 2.14 bits per heavy atom. The first kappa shape index (κ1) is 18.7.